The van der Waals surface area contributed by atoms with Crippen molar-refractivity contribution in [2.24, 2.45) is 0 Å². The van der Waals surface area contributed by atoms with Gasteiger partial charge in [0.05, 0.1) is 10.7 Å². The zero-order valence-corrected chi connectivity index (χ0v) is 13.0. The first-order valence-corrected chi connectivity index (χ1v) is 7.63. The second-order valence-electron chi connectivity index (χ2n) is 5.47. The molecule has 0 atom stereocenters. The van der Waals surface area contributed by atoms with E-state index < -0.39 is 0 Å². The van der Waals surface area contributed by atoms with Gasteiger partial charge in [0.25, 0.3) is 0 Å². The van der Waals surface area contributed by atoms with Crippen LogP contribution in [0.15, 0.2) is 42.5 Å². The third kappa shape index (κ3) is 2.93. The van der Waals surface area contributed by atoms with Crippen molar-refractivity contribution in [2.75, 3.05) is 41.7 Å². The van der Waals surface area contributed by atoms with Crippen molar-refractivity contribution in [2.45, 2.75) is 6.92 Å². The van der Waals surface area contributed by atoms with E-state index in [4.69, 9.17) is 17.3 Å². The largest absolute Gasteiger partial charge is 0.398 e. The molecule has 0 aromatic heterocycles. The molecule has 1 aliphatic heterocycles. The van der Waals surface area contributed by atoms with Crippen molar-refractivity contribution in [1.82, 2.24) is 0 Å². The molecule has 0 bridgehead atoms. The molecular formula is C17H20ClN3. The van der Waals surface area contributed by atoms with Crippen LogP contribution in [0.5, 0.6) is 0 Å². The van der Waals surface area contributed by atoms with E-state index in [0.29, 0.717) is 10.7 Å². The first-order chi connectivity index (χ1) is 10.1. The second kappa shape index (κ2) is 5.86. The molecule has 3 nitrogen and oxygen atoms in total. The summed E-state index contributed by atoms with van der Waals surface area (Å²) in [6.07, 6.45) is 0. The third-order valence-electron chi connectivity index (χ3n) is 4.06. The molecule has 1 heterocycles. The van der Waals surface area contributed by atoms with Gasteiger partial charge in [-0.3, -0.25) is 0 Å². The molecule has 0 aliphatic carbocycles. The van der Waals surface area contributed by atoms with Gasteiger partial charge in [0.15, 0.2) is 0 Å². The van der Waals surface area contributed by atoms with Crippen molar-refractivity contribution in [1.29, 1.82) is 0 Å². The van der Waals surface area contributed by atoms with Crippen LogP contribution in [0, 0.1) is 6.92 Å². The van der Waals surface area contributed by atoms with Gasteiger partial charge in [-0.05, 0) is 36.8 Å². The van der Waals surface area contributed by atoms with E-state index in [1.54, 1.807) is 0 Å². The lowest BCUT2D eigenvalue weighted by atomic mass is 10.1. The van der Waals surface area contributed by atoms with Gasteiger partial charge in [0, 0.05) is 37.6 Å². The van der Waals surface area contributed by atoms with E-state index in [1.165, 1.54) is 16.9 Å². The Hall–Kier alpha value is -1.87. The van der Waals surface area contributed by atoms with E-state index in [0.717, 1.165) is 26.2 Å². The van der Waals surface area contributed by atoms with Gasteiger partial charge in [-0.25, -0.2) is 0 Å². The number of para-hydroxylation sites is 1. The van der Waals surface area contributed by atoms with Gasteiger partial charge in [0.2, 0.25) is 0 Å². The number of nitrogen functional groups attached to an aromatic ring is 1. The molecule has 1 saturated heterocycles. The summed E-state index contributed by atoms with van der Waals surface area (Å²) >= 11 is 6.17. The molecule has 2 aromatic rings. The number of halogens is 1. The third-order valence-corrected chi connectivity index (χ3v) is 4.38. The molecule has 1 aliphatic rings. The molecule has 4 heteroatoms. The Morgan fingerprint density at radius 2 is 1.57 bits per heavy atom. The molecule has 21 heavy (non-hydrogen) atoms. The van der Waals surface area contributed by atoms with Gasteiger partial charge in [-0.2, -0.15) is 0 Å². The van der Waals surface area contributed by atoms with Crippen molar-refractivity contribution in [3.8, 4) is 0 Å². The minimum Gasteiger partial charge on any atom is -0.398 e. The summed E-state index contributed by atoms with van der Waals surface area (Å²) in [4.78, 5) is 4.81. The van der Waals surface area contributed by atoms with Gasteiger partial charge in [-0.1, -0.05) is 29.8 Å². The maximum absolute atomic E-state index is 6.17. The number of nitrogens with two attached hydrogens (primary N) is 1. The Kier molecular flexibility index (Phi) is 3.93. The van der Waals surface area contributed by atoms with Crippen LogP contribution < -0.4 is 15.5 Å². The van der Waals surface area contributed by atoms with Gasteiger partial charge in [-0.15, -0.1) is 0 Å². The number of aryl methyl sites for hydroxylation is 1. The average molecular weight is 302 g/mol. The summed E-state index contributed by atoms with van der Waals surface area (Å²) in [7, 11) is 0. The maximum atomic E-state index is 6.17. The van der Waals surface area contributed by atoms with Crippen molar-refractivity contribution >= 4 is 28.7 Å². The van der Waals surface area contributed by atoms with Crippen LogP contribution in [0.4, 0.5) is 17.1 Å². The molecule has 0 spiro atoms. The van der Waals surface area contributed by atoms with E-state index in [9.17, 15) is 0 Å². The predicted octanol–water partition coefficient (Wildman–Crippen LogP) is 3.56. The van der Waals surface area contributed by atoms with Gasteiger partial charge < -0.3 is 15.5 Å². The first-order valence-electron chi connectivity index (χ1n) is 7.26. The molecule has 0 saturated carbocycles. The number of hydrogen-bond acceptors (Lipinski definition) is 3. The monoisotopic (exact) mass is 301 g/mol. The minimum absolute atomic E-state index is 0.640. The molecule has 0 amide bonds. The highest BCUT2D eigenvalue weighted by Gasteiger charge is 2.19. The summed E-state index contributed by atoms with van der Waals surface area (Å²) in [6.45, 7) is 6.12. The van der Waals surface area contributed by atoms with Crippen LogP contribution in [0.1, 0.15) is 5.56 Å². The Labute approximate surface area is 130 Å². The Morgan fingerprint density at radius 1 is 0.952 bits per heavy atom. The zero-order valence-electron chi connectivity index (χ0n) is 12.2. The summed E-state index contributed by atoms with van der Waals surface area (Å²) < 4.78 is 0. The number of rotatable bonds is 2. The molecule has 0 unspecified atom stereocenters. The quantitative estimate of drug-likeness (QED) is 0.861. The molecular weight excluding hydrogens is 282 g/mol. The number of anilines is 3. The number of piperazine rings is 1. The average Bonchev–Trinajstić information content (AvgIpc) is 2.52. The van der Waals surface area contributed by atoms with Crippen LogP contribution in [0.2, 0.25) is 5.02 Å². The smallest absolute Gasteiger partial charge is 0.0656 e. The number of benzene rings is 2. The van der Waals surface area contributed by atoms with Crippen LogP contribution in [-0.4, -0.2) is 26.2 Å². The number of nitrogens with zero attached hydrogens (tertiary/aromatic N) is 2. The Balaban J connectivity index is 1.73. The zero-order chi connectivity index (χ0) is 14.8. The minimum atomic E-state index is 0.640. The lowest BCUT2D eigenvalue weighted by Crippen LogP contribution is -2.46. The molecule has 2 aromatic carbocycles. The Morgan fingerprint density at radius 3 is 2.24 bits per heavy atom. The van der Waals surface area contributed by atoms with Crippen LogP contribution in [0.3, 0.4) is 0 Å². The van der Waals surface area contributed by atoms with E-state index in [2.05, 4.69) is 47.1 Å². The van der Waals surface area contributed by atoms with Crippen LogP contribution in [0.25, 0.3) is 0 Å². The van der Waals surface area contributed by atoms with Crippen molar-refractivity contribution in [3.63, 3.8) is 0 Å². The van der Waals surface area contributed by atoms with Crippen molar-refractivity contribution < 1.29 is 0 Å². The fraction of sp³-hybridized carbons (Fsp3) is 0.294. The van der Waals surface area contributed by atoms with Crippen LogP contribution >= 0.6 is 11.6 Å². The molecule has 0 radical (unpaired) electrons. The second-order valence-corrected chi connectivity index (χ2v) is 5.88. The highest BCUT2D eigenvalue weighted by Crippen LogP contribution is 2.30. The normalized spacial score (nSPS) is 15.3. The topological polar surface area (TPSA) is 32.5 Å². The molecule has 3 rings (SSSR count). The summed E-state index contributed by atoms with van der Waals surface area (Å²) in [6, 6.07) is 14.5. The Bertz CT molecular complexity index is 619. The number of hydrogen-bond donors (Lipinski definition) is 1. The fourth-order valence-electron chi connectivity index (χ4n) is 2.88. The summed E-state index contributed by atoms with van der Waals surface area (Å²) in [5.41, 5.74) is 10.2. The highest BCUT2D eigenvalue weighted by molar-refractivity contribution is 6.33. The van der Waals surface area contributed by atoms with Crippen molar-refractivity contribution in [3.05, 3.63) is 53.1 Å². The first kappa shape index (κ1) is 14.1. The summed E-state index contributed by atoms with van der Waals surface area (Å²) in [5.74, 6) is 0. The van der Waals surface area contributed by atoms with E-state index >= 15 is 0 Å². The summed E-state index contributed by atoms with van der Waals surface area (Å²) in [5, 5.41) is 0.640. The van der Waals surface area contributed by atoms with Gasteiger partial charge in [0.1, 0.15) is 0 Å². The SMILES string of the molecule is Cc1cc(N)c(Cl)cc1N1CCN(c2ccccc2)CC1. The standard InChI is InChI=1S/C17H20ClN3/c1-13-11-16(19)15(18)12-17(13)21-9-7-20(8-10-21)14-5-3-2-4-6-14/h2-6,11-12H,7-10,19H2,1H3. The molecule has 2 N–H and O–H groups in total. The lowest BCUT2D eigenvalue weighted by Gasteiger charge is -2.38. The maximum Gasteiger partial charge on any atom is 0.0656 e. The molecule has 1 fully saturated rings. The predicted molar refractivity (Wildman–Crippen MR) is 91.5 cm³/mol. The lowest BCUT2D eigenvalue weighted by molar-refractivity contribution is 0.652. The van der Waals surface area contributed by atoms with Gasteiger partial charge >= 0.3 is 0 Å². The highest BCUT2D eigenvalue weighted by atomic mass is 35.5. The van der Waals surface area contributed by atoms with E-state index in [1.807, 2.05) is 12.1 Å². The van der Waals surface area contributed by atoms with Crippen LogP contribution in [-0.2, 0) is 0 Å². The molecule has 110 valence electrons. The fourth-order valence-corrected chi connectivity index (χ4v) is 3.04. The van der Waals surface area contributed by atoms with E-state index in [-0.39, 0.29) is 0 Å².